The van der Waals surface area contributed by atoms with Crippen molar-refractivity contribution in [2.24, 2.45) is 0 Å². The standard InChI is InChI=1S/C15H19N3S3/c1-2-4-12-11(3-1)13-14(17-9-18-15(13)21-12)16-7-10-8-19-5-6-20-10/h9-10H,1-8H2,(H,16,17,18). The van der Waals surface area contributed by atoms with Gasteiger partial charge in [-0.15, -0.1) is 11.3 Å². The highest BCUT2D eigenvalue weighted by molar-refractivity contribution is 8.06. The molecule has 0 radical (unpaired) electrons. The lowest BCUT2D eigenvalue weighted by Crippen LogP contribution is -2.23. The maximum absolute atomic E-state index is 4.54. The van der Waals surface area contributed by atoms with Gasteiger partial charge >= 0.3 is 0 Å². The Morgan fingerprint density at radius 2 is 2.14 bits per heavy atom. The molecule has 1 atom stereocenters. The second kappa shape index (κ2) is 6.34. The van der Waals surface area contributed by atoms with Crippen molar-refractivity contribution in [2.45, 2.75) is 30.9 Å². The Morgan fingerprint density at radius 3 is 3.05 bits per heavy atom. The van der Waals surface area contributed by atoms with Crippen LogP contribution < -0.4 is 5.32 Å². The third-order valence-corrected chi connectivity index (χ3v) is 8.18. The number of nitrogens with one attached hydrogen (secondary N) is 1. The van der Waals surface area contributed by atoms with Crippen molar-refractivity contribution in [3.63, 3.8) is 0 Å². The molecule has 21 heavy (non-hydrogen) atoms. The van der Waals surface area contributed by atoms with Gasteiger partial charge in [0, 0.05) is 33.9 Å². The van der Waals surface area contributed by atoms with Crippen LogP contribution in [0.1, 0.15) is 23.3 Å². The van der Waals surface area contributed by atoms with Crippen LogP contribution in [0, 0.1) is 0 Å². The fraction of sp³-hybridized carbons (Fsp3) is 0.600. The van der Waals surface area contributed by atoms with Gasteiger partial charge in [-0.1, -0.05) is 0 Å². The maximum atomic E-state index is 4.54. The molecule has 0 saturated carbocycles. The molecule has 0 spiro atoms. The van der Waals surface area contributed by atoms with E-state index in [4.69, 9.17) is 0 Å². The first-order valence-corrected chi connectivity index (χ1v) is 10.6. The van der Waals surface area contributed by atoms with Crippen LogP contribution in [0.3, 0.4) is 0 Å². The smallest absolute Gasteiger partial charge is 0.138 e. The normalized spacial score (nSPS) is 22.2. The van der Waals surface area contributed by atoms with E-state index in [0.29, 0.717) is 5.25 Å². The third kappa shape index (κ3) is 2.90. The van der Waals surface area contributed by atoms with Crippen LogP contribution in [0.2, 0.25) is 0 Å². The molecule has 6 heteroatoms. The van der Waals surface area contributed by atoms with Crippen molar-refractivity contribution in [3.8, 4) is 0 Å². The summed E-state index contributed by atoms with van der Waals surface area (Å²) in [5.41, 5.74) is 1.52. The van der Waals surface area contributed by atoms with Crippen LogP contribution in [-0.4, -0.2) is 39.0 Å². The number of anilines is 1. The van der Waals surface area contributed by atoms with Gasteiger partial charge in [0.1, 0.15) is 17.0 Å². The number of thioether (sulfide) groups is 2. The Bertz CT molecular complexity index is 634. The molecule has 3 heterocycles. The van der Waals surface area contributed by atoms with Crippen molar-refractivity contribution in [2.75, 3.05) is 29.1 Å². The molecule has 112 valence electrons. The lowest BCUT2D eigenvalue weighted by atomic mass is 9.97. The van der Waals surface area contributed by atoms with Crippen molar-refractivity contribution < 1.29 is 0 Å². The quantitative estimate of drug-likeness (QED) is 0.921. The largest absolute Gasteiger partial charge is 0.368 e. The summed E-state index contributed by atoms with van der Waals surface area (Å²) in [6.45, 7) is 1.02. The second-order valence-electron chi connectivity index (χ2n) is 5.56. The summed E-state index contributed by atoms with van der Waals surface area (Å²) in [4.78, 5) is 11.8. The number of fused-ring (bicyclic) bond motifs is 3. The average Bonchev–Trinajstić information content (AvgIpc) is 2.93. The first kappa shape index (κ1) is 14.2. The van der Waals surface area contributed by atoms with Crippen LogP contribution in [0.5, 0.6) is 0 Å². The lowest BCUT2D eigenvalue weighted by molar-refractivity contribution is 0.700. The summed E-state index contributed by atoms with van der Waals surface area (Å²) in [6.07, 6.45) is 6.78. The number of hydrogen-bond acceptors (Lipinski definition) is 6. The fourth-order valence-electron chi connectivity index (χ4n) is 3.09. The maximum Gasteiger partial charge on any atom is 0.138 e. The van der Waals surface area contributed by atoms with E-state index in [0.717, 1.165) is 12.4 Å². The first-order valence-electron chi connectivity index (χ1n) is 7.60. The van der Waals surface area contributed by atoms with E-state index in [1.165, 1.54) is 58.7 Å². The van der Waals surface area contributed by atoms with Gasteiger partial charge in [0.25, 0.3) is 0 Å². The Labute approximate surface area is 137 Å². The molecule has 2 aliphatic rings. The summed E-state index contributed by atoms with van der Waals surface area (Å²) in [5, 5.41) is 5.64. The SMILES string of the molecule is c1nc(NCC2CSCCS2)c2c3c(sc2n1)CCCC3. The molecule has 0 amide bonds. The number of rotatable bonds is 3. The molecule has 0 bridgehead atoms. The molecule has 1 N–H and O–H groups in total. The molecule has 2 aromatic rings. The van der Waals surface area contributed by atoms with Crippen LogP contribution in [0.25, 0.3) is 10.2 Å². The number of nitrogens with zero attached hydrogens (tertiary/aromatic N) is 2. The molecule has 1 aliphatic carbocycles. The average molecular weight is 338 g/mol. The highest BCUT2D eigenvalue weighted by Crippen LogP contribution is 2.38. The minimum Gasteiger partial charge on any atom is -0.368 e. The number of thiophene rings is 1. The van der Waals surface area contributed by atoms with E-state index in [1.54, 1.807) is 11.2 Å². The van der Waals surface area contributed by atoms with Gasteiger partial charge in [-0.25, -0.2) is 9.97 Å². The Balaban J connectivity index is 1.60. The van der Waals surface area contributed by atoms with Crippen LogP contribution in [-0.2, 0) is 12.8 Å². The molecular weight excluding hydrogens is 318 g/mol. The highest BCUT2D eigenvalue weighted by atomic mass is 32.2. The van der Waals surface area contributed by atoms with Gasteiger partial charge in [0.05, 0.1) is 5.39 Å². The van der Waals surface area contributed by atoms with Crippen molar-refractivity contribution in [1.29, 1.82) is 0 Å². The summed E-state index contributed by atoms with van der Waals surface area (Å²) in [6, 6.07) is 0. The summed E-state index contributed by atoms with van der Waals surface area (Å²) in [7, 11) is 0. The predicted molar refractivity (Wildman–Crippen MR) is 96.1 cm³/mol. The Morgan fingerprint density at radius 1 is 1.19 bits per heavy atom. The number of aromatic nitrogens is 2. The zero-order valence-corrected chi connectivity index (χ0v) is 14.4. The Kier molecular flexibility index (Phi) is 4.27. The zero-order chi connectivity index (χ0) is 14.1. The van der Waals surface area contributed by atoms with Gasteiger partial charge in [-0.05, 0) is 31.2 Å². The molecule has 1 fully saturated rings. The Hall–Kier alpha value is -0.460. The van der Waals surface area contributed by atoms with E-state index in [2.05, 4.69) is 38.8 Å². The van der Waals surface area contributed by atoms with E-state index in [1.807, 2.05) is 11.3 Å². The van der Waals surface area contributed by atoms with Crippen molar-refractivity contribution >= 4 is 50.9 Å². The van der Waals surface area contributed by atoms with E-state index < -0.39 is 0 Å². The molecular formula is C15H19N3S3. The third-order valence-electron chi connectivity index (χ3n) is 4.13. The molecule has 1 unspecified atom stereocenters. The second-order valence-corrected chi connectivity index (χ2v) is 9.20. The monoisotopic (exact) mass is 337 g/mol. The zero-order valence-electron chi connectivity index (χ0n) is 11.9. The molecule has 1 saturated heterocycles. The number of aryl methyl sites for hydroxylation is 2. The number of hydrogen-bond donors (Lipinski definition) is 1. The highest BCUT2D eigenvalue weighted by Gasteiger charge is 2.20. The predicted octanol–water partition coefficient (Wildman–Crippen LogP) is 3.83. The molecule has 4 rings (SSSR count). The minimum absolute atomic E-state index is 0.711. The van der Waals surface area contributed by atoms with Crippen molar-refractivity contribution in [1.82, 2.24) is 9.97 Å². The van der Waals surface area contributed by atoms with E-state index >= 15 is 0 Å². The van der Waals surface area contributed by atoms with Crippen molar-refractivity contribution in [3.05, 3.63) is 16.8 Å². The van der Waals surface area contributed by atoms with Gasteiger partial charge < -0.3 is 5.32 Å². The summed E-state index contributed by atoms with van der Waals surface area (Å²) >= 11 is 6.04. The van der Waals surface area contributed by atoms with Gasteiger partial charge in [-0.2, -0.15) is 23.5 Å². The van der Waals surface area contributed by atoms with Crippen LogP contribution in [0.4, 0.5) is 5.82 Å². The summed E-state index contributed by atoms with van der Waals surface area (Å²) in [5.74, 6) is 4.91. The van der Waals surface area contributed by atoms with E-state index in [-0.39, 0.29) is 0 Å². The van der Waals surface area contributed by atoms with Gasteiger partial charge in [0.15, 0.2) is 0 Å². The lowest BCUT2D eigenvalue weighted by Gasteiger charge is -2.21. The van der Waals surface area contributed by atoms with Gasteiger partial charge in [0.2, 0.25) is 0 Å². The molecule has 1 aliphatic heterocycles. The van der Waals surface area contributed by atoms with Crippen LogP contribution in [0.15, 0.2) is 6.33 Å². The summed E-state index contributed by atoms with van der Waals surface area (Å²) < 4.78 is 0. The molecule has 2 aromatic heterocycles. The molecule has 3 nitrogen and oxygen atoms in total. The minimum atomic E-state index is 0.711. The fourth-order valence-corrected chi connectivity index (χ4v) is 6.93. The van der Waals surface area contributed by atoms with Gasteiger partial charge in [-0.3, -0.25) is 0 Å². The topological polar surface area (TPSA) is 37.8 Å². The van der Waals surface area contributed by atoms with Crippen LogP contribution >= 0.6 is 34.9 Å². The molecule has 0 aromatic carbocycles. The first-order chi connectivity index (χ1) is 10.4. The van der Waals surface area contributed by atoms with E-state index in [9.17, 15) is 0 Å².